The highest BCUT2D eigenvalue weighted by Gasteiger charge is 2.12. The predicted molar refractivity (Wildman–Crippen MR) is 129 cm³/mol. The van der Waals surface area contributed by atoms with Crippen molar-refractivity contribution in [3.63, 3.8) is 0 Å². The largest absolute Gasteiger partial charge is 0.351 e. The van der Waals surface area contributed by atoms with E-state index in [0.29, 0.717) is 21.6 Å². The topological polar surface area (TPSA) is 84.0 Å². The molecule has 1 aromatic heterocycles. The van der Waals surface area contributed by atoms with Crippen molar-refractivity contribution in [1.29, 1.82) is 0 Å². The van der Waals surface area contributed by atoms with E-state index in [4.69, 9.17) is 0 Å². The lowest BCUT2D eigenvalue weighted by molar-refractivity contribution is -0.118. The van der Waals surface area contributed by atoms with Gasteiger partial charge in [0.2, 0.25) is 11.0 Å². The van der Waals surface area contributed by atoms with Crippen LogP contribution in [0.15, 0.2) is 83.2 Å². The van der Waals surface area contributed by atoms with Gasteiger partial charge >= 0.3 is 0 Å². The van der Waals surface area contributed by atoms with Gasteiger partial charge < -0.3 is 5.32 Å². The number of hydrogen-bond acceptors (Lipinski definition) is 6. The zero-order valence-electron chi connectivity index (χ0n) is 17.3. The van der Waals surface area contributed by atoms with E-state index in [-0.39, 0.29) is 23.4 Å². The minimum atomic E-state index is -0.316. The molecule has 33 heavy (non-hydrogen) atoms. The van der Waals surface area contributed by atoms with Crippen LogP contribution in [0.2, 0.25) is 0 Å². The van der Waals surface area contributed by atoms with Crippen LogP contribution in [0.3, 0.4) is 0 Å². The molecule has 0 unspecified atom stereocenters. The lowest BCUT2D eigenvalue weighted by atomic mass is 10.0. The fourth-order valence-corrected chi connectivity index (χ4v) is 4.49. The fourth-order valence-electron chi connectivity index (χ4n) is 2.91. The third-order valence-electron chi connectivity index (χ3n) is 4.61. The van der Waals surface area contributed by atoms with Crippen molar-refractivity contribution in [3.05, 3.63) is 95.8 Å². The van der Waals surface area contributed by atoms with Crippen LogP contribution >= 0.6 is 23.1 Å². The molecule has 4 aromatic rings. The zero-order chi connectivity index (χ0) is 23.0. The monoisotopic (exact) mass is 478 g/mol. The van der Waals surface area contributed by atoms with Gasteiger partial charge in [-0.2, -0.15) is 0 Å². The molecule has 1 heterocycles. The van der Waals surface area contributed by atoms with Crippen LogP contribution < -0.4 is 10.6 Å². The van der Waals surface area contributed by atoms with Crippen LogP contribution in [-0.4, -0.2) is 27.8 Å². The molecular weight excluding hydrogens is 459 g/mol. The maximum absolute atomic E-state index is 12.9. The summed E-state index contributed by atoms with van der Waals surface area (Å²) in [7, 11) is 0. The Hall–Kier alpha value is -3.56. The molecule has 0 atom stereocenters. The van der Waals surface area contributed by atoms with Crippen molar-refractivity contribution in [1.82, 2.24) is 15.5 Å². The highest BCUT2D eigenvalue weighted by atomic mass is 32.2. The summed E-state index contributed by atoms with van der Waals surface area (Å²) in [4.78, 5) is 24.5. The number of aromatic nitrogens is 2. The second kappa shape index (κ2) is 10.8. The number of carbonyl (C=O) groups is 2. The number of hydrogen-bond donors (Lipinski definition) is 2. The number of carbonyl (C=O) groups excluding carboxylic acids is 2. The van der Waals surface area contributed by atoms with Crippen LogP contribution in [0, 0.1) is 5.82 Å². The molecule has 9 heteroatoms. The van der Waals surface area contributed by atoms with Crippen LogP contribution in [0.5, 0.6) is 0 Å². The smallest absolute Gasteiger partial charge is 0.257 e. The Morgan fingerprint density at radius 1 is 0.879 bits per heavy atom. The number of nitrogens with one attached hydrogen (secondary N) is 2. The van der Waals surface area contributed by atoms with Crippen molar-refractivity contribution in [3.8, 4) is 11.1 Å². The third-order valence-corrected chi connectivity index (χ3v) is 6.58. The molecule has 0 saturated heterocycles. The lowest BCUT2D eigenvalue weighted by Gasteiger charge is -2.04. The first kappa shape index (κ1) is 22.6. The minimum absolute atomic E-state index is 0.157. The van der Waals surface area contributed by atoms with Gasteiger partial charge in [0.15, 0.2) is 4.34 Å². The molecule has 6 nitrogen and oxygen atoms in total. The van der Waals surface area contributed by atoms with E-state index >= 15 is 0 Å². The Bertz CT molecular complexity index is 1230. The molecule has 0 radical (unpaired) electrons. The first-order valence-electron chi connectivity index (χ1n) is 10.0. The molecule has 0 bridgehead atoms. The Morgan fingerprint density at radius 3 is 2.30 bits per heavy atom. The van der Waals surface area contributed by atoms with Crippen molar-refractivity contribution < 1.29 is 14.0 Å². The number of thioether (sulfide) groups is 1. The number of rotatable bonds is 8. The molecule has 166 valence electrons. The molecule has 2 N–H and O–H groups in total. The van der Waals surface area contributed by atoms with E-state index in [1.54, 1.807) is 24.3 Å². The first-order chi connectivity index (χ1) is 16.1. The van der Waals surface area contributed by atoms with Gasteiger partial charge in [0.1, 0.15) is 5.82 Å². The SMILES string of the molecule is O=C(CSc1nnc(NC(=O)c2ccc(-c3ccccc3)cc2)s1)NCc1ccc(F)cc1. The van der Waals surface area contributed by atoms with Gasteiger partial charge in [-0.3, -0.25) is 14.9 Å². The maximum Gasteiger partial charge on any atom is 0.257 e. The average Bonchev–Trinajstić information content (AvgIpc) is 3.30. The van der Waals surface area contributed by atoms with Gasteiger partial charge in [-0.25, -0.2) is 4.39 Å². The van der Waals surface area contributed by atoms with Gasteiger partial charge in [-0.1, -0.05) is 77.7 Å². The van der Waals surface area contributed by atoms with E-state index in [1.165, 1.54) is 35.2 Å². The Kier molecular flexibility index (Phi) is 7.43. The summed E-state index contributed by atoms with van der Waals surface area (Å²) >= 11 is 2.43. The summed E-state index contributed by atoms with van der Waals surface area (Å²) in [5.41, 5.74) is 3.43. The van der Waals surface area contributed by atoms with Crippen LogP contribution in [-0.2, 0) is 11.3 Å². The summed E-state index contributed by atoms with van der Waals surface area (Å²) < 4.78 is 13.5. The summed E-state index contributed by atoms with van der Waals surface area (Å²) in [5.74, 6) is -0.614. The maximum atomic E-state index is 12.9. The van der Waals surface area contributed by atoms with E-state index in [2.05, 4.69) is 20.8 Å². The number of anilines is 1. The fraction of sp³-hybridized carbons (Fsp3) is 0.0833. The molecule has 0 spiro atoms. The summed E-state index contributed by atoms with van der Waals surface area (Å²) in [5, 5.41) is 13.9. The molecule has 0 aliphatic heterocycles. The molecule has 3 aromatic carbocycles. The molecular formula is C24H19FN4O2S2. The van der Waals surface area contributed by atoms with Crippen LogP contribution in [0.25, 0.3) is 11.1 Å². The highest BCUT2D eigenvalue weighted by Crippen LogP contribution is 2.26. The second-order valence-corrected chi connectivity index (χ2v) is 9.16. The summed E-state index contributed by atoms with van der Waals surface area (Å²) in [6.45, 7) is 0.320. The van der Waals surface area contributed by atoms with Crippen molar-refractivity contribution >= 4 is 40.0 Å². The summed E-state index contributed by atoms with van der Waals surface area (Å²) in [6.07, 6.45) is 0. The third kappa shape index (κ3) is 6.47. The van der Waals surface area contributed by atoms with Gasteiger partial charge in [0.05, 0.1) is 5.75 Å². The van der Waals surface area contributed by atoms with E-state index < -0.39 is 0 Å². The first-order valence-corrected chi connectivity index (χ1v) is 11.8. The molecule has 0 aliphatic rings. The Morgan fingerprint density at radius 2 is 1.58 bits per heavy atom. The zero-order valence-corrected chi connectivity index (χ0v) is 19.0. The molecule has 2 amide bonds. The van der Waals surface area contributed by atoms with Crippen LogP contribution in [0.1, 0.15) is 15.9 Å². The predicted octanol–water partition coefficient (Wildman–Crippen LogP) is 5.01. The molecule has 0 aliphatic carbocycles. The number of amides is 2. The molecule has 0 saturated carbocycles. The van der Waals surface area contributed by atoms with Gasteiger partial charge in [-0.15, -0.1) is 10.2 Å². The molecule has 4 rings (SSSR count). The van der Waals surface area contributed by atoms with Gasteiger partial charge in [0, 0.05) is 12.1 Å². The lowest BCUT2D eigenvalue weighted by Crippen LogP contribution is -2.24. The van der Waals surface area contributed by atoms with Crippen molar-refractivity contribution in [2.45, 2.75) is 10.9 Å². The van der Waals surface area contributed by atoms with Gasteiger partial charge in [0.25, 0.3) is 5.91 Å². The van der Waals surface area contributed by atoms with E-state index in [9.17, 15) is 14.0 Å². The Labute approximate surface area is 198 Å². The van der Waals surface area contributed by atoms with Gasteiger partial charge in [-0.05, 0) is 41.0 Å². The summed E-state index contributed by atoms with van der Waals surface area (Å²) in [6, 6.07) is 23.2. The molecule has 0 fully saturated rings. The van der Waals surface area contributed by atoms with Crippen molar-refractivity contribution in [2.75, 3.05) is 11.1 Å². The standard InChI is InChI=1S/C24H19FN4O2S2/c25-20-12-6-16(7-13-20)14-26-21(30)15-32-24-29-28-23(33-24)27-22(31)19-10-8-18(9-11-19)17-4-2-1-3-5-17/h1-13H,14-15H2,(H,26,30)(H,27,28,31). The minimum Gasteiger partial charge on any atom is -0.351 e. The Balaban J connectivity index is 1.25. The van der Waals surface area contributed by atoms with E-state index in [0.717, 1.165) is 16.7 Å². The average molecular weight is 479 g/mol. The highest BCUT2D eigenvalue weighted by molar-refractivity contribution is 8.01. The second-order valence-electron chi connectivity index (χ2n) is 6.96. The number of nitrogens with zero attached hydrogens (tertiary/aromatic N) is 2. The quantitative estimate of drug-likeness (QED) is 0.275. The van der Waals surface area contributed by atoms with Crippen LogP contribution in [0.4, 0.5) is 9.52 Å². The number of benzene rings is 3. The van der Waals surface area contributed by atoms with E-state index in [1.807, 2.05) is 42.5 Å². The van der Waals surface area contributed by atoms with Crippen molar-refractivity contribution in [2.24, 2.45) is 0 Å². The number of halogens is 1. The normalized spacial score (nSPS) is 10.6.